The first kappa shape index (κ1) is 26.5. The molecule has 1 aromatic carbocycles. The number of hydrogen-bond acceptors (Lipinski definition) is 6. The van der Waals surface area contributed by atoms with Gasteiger partial charge in [-0.25, -0.2) is 8.42 Å². The highest BCUT2D eigenvalue weighted by Gasteiger charge is 2.38. The Morgan fingerprint density at radius 1 is 1.35 bits per heavy atom. The summed E-state index contributed by atoms with van der Waals surface area (Å²) in [5, 5.41) is 20.3. The van der Waals surface area contributed by atoms with Crippen LogP contribution in [0.15, 0.2) is 23.1 Å². The number of aliphatic hydroxyl groups excluding tert-OH is 1. The van der Waals surface area contributed by atoms with Crippen LogP contribution in [-0.4, -0.2) is 78.2 Å². The molecule has 34 heavy (non-hydrogen) atoms. The lowest BCUT2D eigenvalue weighted by Crippen LogP contribution is -2.50. The monoisotopic (exact) mass is 492 g/mol. The zero-order valence-corrected chi connectivity index (χ0v) is 21.3. The van der Waals surface area contributed by atoms with Crippen LogP contribution in [0.1, 0.15) is 58.4 Å². The summed E-state index contributed by atoms with van der Waals surface area (Å²) in [7, 11) is -2.24. The maximum Gasteiger partial charge on any atom is 0.247 e. The first-order chi connectivity index (χ1) is 16.0. The van der Waals surface area contributed by atoms with Crippen LogP contribution >= 0.6 is 0 Å². The average Bonchev–Trinajstić information content (AvgIpc) is 3.25. The van der Waals surface area contributed by atoms with Gasteiger partial charge in [-0.1, -0.05) is 25.7 Å². The first-order valence-corrected chi connectivity index (χ1v) is 13.4. The molecule has 0 unspecified atom stereocenters. The van der Waals surface area contributed by atoms with Gasteiger partial charge in [0.05, 0.1) is 13.2 Å². The van der Waals surface area contributed by atoms with Gasteiger partial charge >= 0.3 is 0 Å². The van der Waals surface area contributed by atoms with Crippen molar-refractivity contribution >= 4 is 15.9 Å². The second-order valence-corrected chi connectivity index (χ2v) is 11.4. The number of sulfonamides is 1. The molecule has 1 aromatic rings. The van der Waals surface area contributed by atoms with Crippen LogP contribution in [0.5, 0.6) is 5.75 Å². The minimum Gasteiger partial charge on any atom is -0.487 e. The number of fused-ring (bicyclic) bond motifs is 1. The lowest BCUT2D eigenvalue weighted by atomic mass is 10.0. The fourth-order valence-electron chi connectivity index (χ4n) is 4.44. The summed E-state index contributed by atoms with van der Waals surface area (Å²) in [4.78, 5) is 13.8. The predicted molar refractivity (Wildman–Crippen MR) is 129 cm³/mol. The highest BCUT2D eigenvalue weighted by Crippen LogP contribution is 2.34. The largest absolute Gasteiger partial charge is 0.487 e. The summed E-state index contributed by atoms with van der Waals surface area (Å²) in [6.07, 6.45) is 3.00. The minimum absolute atomic E-state index is 0.000649. The number of carbonyl (C=O) groups is 1. The Bertz CT molecular complexity index is 1050. The second kappa shape index (κ2) is 10.6. The molecule has 0 saturated heterocycles. The summed E-state index contributed by atoms with van der Waals surface area (Å²) in [6, 6.07) is 4.05. The molecule has 1 aliphatic heterocycles. The van der Waals surface area contributed by atoms with Crippen LogP contribution in [0, 0.1) is 17.8 Å². The normalized spacial score (nSPS) is 24.5. The average molecular weight is 493 g/mol. The fraction of sp³-hybridized carbons (Fsp3) is 0.640. The van der Waals surface area contributed by atoms with Gasteiger partial charge in [-0.05, 0) is 50.8 Å². The van der Waals surface area contributed by atoms with Crippen LogP contribution in [0.2, 0.25) is 0 Å². The smallest absolute Gasteiger partial charge is 0.247 e. The highest BCUT2D eigenvalue weighted by atomic mass is 32.2. The van der Waals surface area contributed by atoms with E-state index in [1.54, 1.807) is 37.9 Å². The van der Waals surface area contributed by atoms with Gasteiger partial charge < -0.3 is 19.8 Å². The summed E-state index contributed by atoms with van der Waals surface area (Å²) in [5.41, 5.74) is -0.466. The lowest BCUT2D eigenvalue weighted by molar-refractivity contribution is -0.131. The Morgan fingerprint density at radius 3 is 2.65 bits per heavy atom. The second-order valence-electron chi connectivity index (χ2n) is 9.52. The summed E-state index contributed by atoms with van der Waals surface area (Å²) < 4.78 is 34.6. The first-order valence-electron chi connectivity index (χ1n) is 11.9. The highest BCUT2D eigenvalue weighted by molar-refractivity contribution is 7.89. The molecule has 8 nitrogen and oxygen atoms in total. The van der Waals surface area contributed by atoms with E-state index in [1.165, 1.54) is 10.4 Å². The van der Waals surface area contributed by atoms with Crippen LogP contribution in [-0.2, 0) is 14.8 Å². The number of carbonyl (C=O) groups excluding carboxylic acids is 1. The topological polar surface area (TPSA) is 107 Å². The van der Waals surface area contributed by atoms with E-state index in [4.69, 9.17) is 4.74 Å². The third-order valence-corrected chi connectivity index (χ3v) is 8.74. The molecule has 2 aliphatic rings. The molecular formula is C25H36N2O6S. The molecule has 0 spiro atoms. The molecule has 1 saturated carbocycles. The Labute approximate surface area is 202 Å². The number of rotatable bonds is 5. The van der Waals surface area contributed by atoms with Crippen molar-refractivity contribution in [1.82, 2.24) is 9.21 Å². The molecule has 1 amide bonds. The molecule has 1 aliphatic carbocycles. The maximum absolute atomic E-state index is 13.5. The van der Waals surface area contributed by atoms with Gasteiger partial charge in [0.2, 0.25) is 15.9 Å². The molecule has 188 valence electrons. The number of hydrogen-bond donors (Lipinski definition) is 2. The molecule has 3 atom stereocenters. The third kappa shape index (κ3) is 5.74. The van der Waals surface area contributed by atoms with Crippen LogP contribution < -0.4 is 4.74 Å². The van der Waals surface area contributed by atoms with Crippen molar-refractivity contribution in [3.8, 4) is 17.6 Å². The summed E-state index contributed by atoms with van der Waals surface area (Å²) in [5.74, 6) is 5.81. The van der Waals surface area contributed by atoms with E-state index in [1.807, 2.05) is 6.92 Å². The van der Waals surface area contributed by atoms with E-state index in [0.29, 0.717) is 31.4 Å². The predicted octanol–water partition coefficient (Wildman–Crippen LogP) is 1.98. The molecule has 1 fully saturated rings. The number of likely N-dealkylation sites (N-methyl/N-ethyl adjacent to an activating group) is 1. The fourth-order valence-corrected chi connectivity index (χ4v) is 6.26. The molecular weight excluding hydrogens is 456 g/mol. The number of aliphatic hydroxyl groups is 2. The zero-order chi connectivity index (χ0) is 25.1. The van der Waals surface area contributed by atoms with Gasteiger partial charge in [-0.15, -0.1) is 0 Å². The van der Waals surface area contributed by atoms with Crippen molar-refractivity contribution in [3.63, 3.8) is 0 Å². The van der Waals surface area contributed by atoms with E-state index >= 15 is 0 Å². The zero-order valence-electron chi connectivity index (χ0n) is 20.5. The number of nitrogens with zero attached hydrogens (tertiary/aromatic N) is 2. The third-order valence-electron chi connectivity index (χ3n) is 6.72. The van der Waals surface area contributed by atoms with Crippen LogP contribution in [0.25, 0.3) is 0 Å². The summed E-state index contributed by atoms with van der Waals surface area (Å²) >= 11 is 0. The maximum atomic E-state index is 13.5. The SMILES string of the molecule is CCC(=O)N(C)C[C@H]1Oc2cc(C#CC3(O)CCCC3)ccc2S(=O)(=O)N([C@@H](C)CO)C[C@H]1C. The Balaban J connectivity index is 2.05. The van der Waals surface area contributed by atoms with Gasteiger partial charge in [-0.2, -0.15) is 4.31 Å². The number of ether oxygens (including phenoxy) is 1. The Hall–Kier alpha value is -2.12. The summed E-state index contributed by atoms with van der Waals surface area (Å²) in [6.45, 7) is 5.46. The molecule has 1 heterocycles. The van der Waals surface area contributed by atoms with Gasteiger partial charge in [0.25, 0.3) is 0 Å². The molecule has 0 bridgehead atoms. The molecule has 0 aromatic heterocycles. The molecule has 2 N–H and O–H groups in total. The van der Waals surface area contributed by atoms with Gasteiger partial charge in [0, 0.05) is 37.5 Å². The van der Waals surface area contributed by atoms with E-state index in [0.717, 1.165) is 12.8 Å². The van der Waals surface area contributed by atoms with Crippen molar-refractivity contribution in [2.45, 2.75) is 75.5 Å². The van der Waals surface area contributed by atoms with E-state index < -0.39 is 27.8 Å². The quantitative estimate of drug-likeness (QED) is 0.609. The van der Waals surface area contributed by atoms with Crippen molar-refractivity contribution in [2.75, 3.05) is 26.7 Å². The molecule has 3 rings (SSSR count). The van der Waals surface area contributed by atoms with Gasteiger partial charge in [0.1, 0.15) is 22.4 Å². The number of benzene rings is 1. The standard InChI is InChI=1S/C25H36N2O6S/c1-5-24(29)26(4)16-22-18(2)15-27(19(3)17-28)34(31,32)23-9-8-20(14-21(23)33-22)10-13-25(30)11-6-7-12-25/h8-9,14,18-19,22,28,30H,5-7,11-12,15-17H2,1-4H3/t18-,19+,22-/m1/s1. The number of amides is 1. The van der Waals surface area contributed by atoms with Crippen LogP contribution in [0.4, 0.5) is 0 Å². The van der Waals surface area contributed by atoms with Crippen molar-refractivity contribution in [1.29, 1.82) is 0 Å². The van der Waals surface area contributed by atoms with Gasteiger partial charge in [-0.3, -0.25) is 4.79 Å². The van der Waals surface area contributed by atoms with Crippen molar-refractivity contribution < 1.29 is 28.2 Å². The van der Waals surface area contributed by atoms with E-state index in [2.05, 4.69) is 11.8 Å². The Morgan fingerprint density at radius 2 is 2.03 bits per heavy atom. The lowest BCUT2D eigenvalue weighted by Gasteiger charge is -2.37. The van der Waals surface area contributed by atoms with E-state index in [9.17, 15) is 23.4 Å². The van der Waals surface area contributed by atoms with E-state index in [-0.39, 0.29) is 35.6 Å². The minimum atomic E-state index is -3.95. The van der Waals surface area contributed by atoms with Crippen molar-refractivity contribution in [3.05, 3.63) is 23.8 Å². The van der Waals surface area contributed by atoms with Crippen molar-refractivity contribution in [2.24, 2.45) is 5.92 Å². The molecule has 9 heteroatoms. The molecule has 0 radical (unpaired) electrons. The van der Waals surface area contributed by atoms with Crippen LogP contribution in [0.3, 0.4) is 0 Å². The van der Waals surface area contributed by atoms with Gasteiger partial charge in [0.15, 0.2) is 0 Å². The Kier molecular flexibility index (Phi) is 8.30.